The van der Waals surface area contributed by atoms with E-state index >= 15 is 0 Å². The van der Waals surface area contributed by atoms with E-state index in [2.05, 4.69) is 10.3 Å². The van der Waals surface area contributed by atoms with Crippen molar-refractivity contribution in [3.05, 3.63) is 83.5 Å². The first-order chi connectivity index (χ1) is 13.5. The molecule has 3 aromatic rings. The summed E-state index contributed by atoms with van der Waals surface area (Å²) in [5.41, 5.74) is 0.310. The Kier molecular flexibility index (Phi) is 6.24. The first-order valence-electron chi connectivity index (χ1n) is 8.47. The number of aromatic nitrogens is 1. The molecule has 1 heterocycles. The Bertz CT molecular complexity index is 944. The molecule has 0 aliphatic carbocycles. The van der Waals surface area contributed by atoms with Crippen molar-refractivity contribution in [2.75, 3.05) is 5.32 Å². The zero-order chi connectivity index (χ0) is 19.9. The highest BCUT2D eigenvalue weighted by Crippen LogP contribution is 2.21. The van der Waals surface area contributed by atoms with Crippen molar-refractivity contribution in [3.63, 3.8) is 0 Å². The van der Waals surface area contributed by atoms with E-state index in [9.17, 15) is 9.59 Å². The van der Waals surface area contributed by atoms with Gasteiger partial charge in [-0.1, -0.05) is 29.8 Å². The highest BCUT2D eigenvalue weighted by Gasteiger charge is 2.19. The molecule has 7 heteroatoms. The molecule has 3 rings (SSSR count). The fourth-order valence-corrected chi connectivity index (χ4v) is 2.36. The molecule has 0 fully saturated rings. The number of carbonyl (C=O) groups excluding carboxylic acids is 2. The van der Waals surface area contributed by atoms with Crippen LogP contribution in [0.2, 0.25) is 5.02 Å². The Morgan fingerprint density at radius 3 is 2.29 bits per heavy atom. The van der Waals surface area contributed by atoms with Crippen LogP contribution in [0.15, 0.2) is 72.9 Å². The minimum absolute atomic E-state index is 0.310. The molecule has 0 aliphatic heterocycles. The number of anilines is 1. The van der Waals surface area contributed by atoms with E-state index in [0.717, 1.165) is 0 Å². The molecule has 0 unspecified atom stereocenters. The summed E-state index contributed by atoms with van der Waals surface area (Å²) >= 11 is 5.75. The van der Waals surface area contributed by atoms with Crippen molar-refractivity contribution in [1.82, 2.24) is 4.98 Å². The SMILES string of the molecule is C[C@@H](OC(=O)c1ccc(Oc2ccccc2)cc1)C(=O)Nc1ccc(Cl)cn1. The Balaban J connectivity index is 1.56. The van der Waals surface area contributed by atoms with Crippen molar-refractivity contribution >= 4 is 29.3 Å². The topological polar surface area (TPSA) is 77.5 Å². The molecule has 142 valence electrons. The molecule has 0 saturated heterocycles. The standard InChI is InChI=1S/C21H17ClN2O4/c1-14(20(25)24-19-12-9-16(22)13-23-19)27-21(26)15-7-10-18(11-8-15)28-17-5-3-2-4-6-17/h2-14H,1H3,(H,23,24,25)/t14-/m1/s1. The van der Waals surface area contributed by atoms with Gasteiger partial charge < -0.3 is 14.8 Å². The van der Waals surface area contributed by atoms with Gasteiger partial charge >= 0.3 is 5.97 Å². The zero-order valence-electron chi connectivity index (χ0n) is 15.0. The molecule has 1 aromatic heterocycles. The van der Waals surface area contributed by atoms with E-state index in [0.29, 0.717) is 27.9 Å². The van der Waals surface area contributed by atoms with Gasteiger partial charge in [0.05, 0.1) is 10.6 Å². The average Bonchev–Trinajstić information content (AvgIpc) is 2.71. The summed E-state index contributed by atoms with van der Waals surface area (Å²) in [6.45, 7) is 1.48. The maximum absolute atomic E-state index is 12.3. The Morgan fingerprint density at radius 2 is 1.64 bits per heavy atom. The predicted octanol–water partition coefficient (Wildman–Crippen LogP) is 4.71. The van der Waals surface area contributed by atoms with Crippen LogP contribution in [-0.2, 0) is 9.53 Å². The van der Waals surface area contributed by atoms with Crippen LogP contribution in [0.25, 0.3) is 0 Å². The highest BCUT2D eigenvalue weighted by molar-refractivity contribution is 6.30. The van der Waals surface area contributed by atoms with Crippen LogP contribution in [0, 0.1) is 0 Å². The molecular formula is C21H17ClN2O4. The Morgan fingerprint density at radius 1 is 0.964 bits per heavy atom. The summed E-state index contributed by atoms with van der Waals surface area (Å²) in [6, 6.07) is 18.9. The molecule has 0 bridgehead atoms. The van der Waals surface area contributed by atoms with Gasteiger partial charge in [0.25, 0.3) is 5.91 Å². The minimum atomic E-state index is -0.995. The Hall–Kier alpha value is -3.38. The number of amides is 1. The van der Waals surface area contributed by atoms with Crippen molar-refractivity contribution in [3.8, 4) is 11.5 Å². The maximum Gasteiger partial charge on any atom is 0.338 e. The van der Waals surface area contributed by atoms with Crippen molar-refractivity contribution in [1.29, 1.82) is 0 Å². The largest absolute Gasteiger partial charge is 0.457 e. The number of nitrogens with one attached hydrogen (secondary N) is 1. The summed E-state index contributed by atoms with van der Waals surface area (Å²) < 4.78 is 10.9. The number of nitrogens with zero attached hydrogens (tertiary/aromatic N) is 1. The number of rotatable bonds is 6. The number of carbonyl (C=O) groups is 2. The zero-order valence-corrected chi connectivity index (χ0v) is 15.7. The van der Waals surface area contributed by atoms with Crippen LogP contribution >= 0.6 is 11.6 Å². The van der Waals surface area contributed by atoms with E-state index in [4.69, 9.17) is 21.1 Å². The van der Waals surface area contributed by atoms with Crippen LogP contribution < -0.4 is 10.1 Å². The molecule has 1 amide bonds. The highest BCUT2D eigenvalue weighted by atomic mass is 35.5. The van der Waals surface area contributed by atoms with Crippen molar-refractivity contribution < 1.29 is 19.1 Å². The smallest absolute Gasteiger partial charge is 0.338 e. The van der Waals surface area contributed by atoms with Gasteiger partial charge in [0.2, 0.25) is 0 Å². The maximum atomic E-state index is 12.3. The molecule has 0 aliphatic rings. The third-order valence-electron chi connectivity index (χ3n) is 3.70. The number of halogens is 1. The van der Waals surface area contributed by atoms with Crippen molar-refractivity contribution in [2.45, 2.75) is 13.0 Å². The summed E-state index contributed by atoms with van der Waals surface area (Å²) in [7, 11) is 0. The third kappa shape index (κ3) is 5.31. The summed E-state index contributed by atoms with van der Waals surface area (Å²) in [5, 5.41) is 3.01. The van der Waals surface area contributed by atoms with Gasteiger partial charge in [0, 0.05) is 6.20 Å². The van der Waals surface area contributed by atoms with E-state index in [1.165, 1.54) is 13.1 Å². The lowest BCUT2D eigenvalue weighted by molar-refractivity contribution is -0.123. The second kappa shape index (κ2) is 9.01. The number of para-hydroxylation sites is 1. The molecule has 28 heavy (non-hydrogen) atoms. The van der Waals surface area contributed by atoms with Crippen LogP contribution in [0.4, 0.5) is 5.82 Å². The summed E-state index contributed by atoms with van der Waals surface area (Å²) in [6.07, 6.45) is 0.414. The number of hydrogen-bond acceptors (Lipinski definition) is 5. The van der Waals surface area contributed by atoms with E-state index in [1.807, 2.05) is 30.3 Å². The van der Waals surface area contributed by atoms with E-state index in [1.54, 1.807) is 36.4 Å². The van der Waals surface area contributed by atoms with E-state index in [-0.39, 0.29) is 0 Å². The number of esters is 1. The van der Waals surface area contributed by atoms with Gasteiger partial charge in [-0.3, -0.25) is 4.79 Å². The lowest BCUT2D eigenvalue weighted by Crippen LogP contribution is -2.30. The average molecular weight is 397 g/mol. The number of hydrogen-bond donors (Lipinski definition) is 1. The lowest BCUT2D eigenvalue weighted by atomic mass is 10.2. The predicted molar refractivity (Wildman–Crippen MR) is 106 cm³/mol. The number of pyridine rings is 1. The normalized spacial score (nSPS) is 11.4. The molecule has 0 saturated carbocycles. The molecular weight excluding hydrogens is 380 g/mol. The molecule has 6 nitrogen and oxygen atoms in total. The van der Waals surface area contributed by atoms with Gasteiger partial charge in [0.15, 0.2) is 6.10 Å². The lowest BCUT2D eigenvalue weighted by Gasteiger charge is -2.13. The quantitative estimate of drug-likeness (QED) is 0.610. The summed E-state index contributed by atoms with van der Waals surface area (Å²) in [5.74, 6) is 0.492. The Labute approximate surface area is 167 Å². The minimum Gasteiger partial charge on any atom is -0.457 e. The molecule has 1 N–H and O–H groups in total. The van der Waals surface area contributed by atoms with Crippen molar-refractivity contribution in [2.24, 2.45) is 0 Å². The van der Waals surface area contributed by atoms with Gasteiger partial charge in [-0.25, -0.2) is 9.78 Å². The fourth-order valence-electron chi connectivity index (χ4n) is 2.24. The molecule has 0 radical (unpaired) electrons. The van der Waals surface area contributed by atoms with Gasteiger partial charge in [-0.2, -0.15) is 0 Å². The fraction of sp³-hybridized carbons (Fsp3) is 0.0952. The van der Waals surface area contributed by atoms with Gasteiger partial charge in [-0.15, -0.1) is 0 Å². The van der Waals surface area contributed by atoms with E-state index < -0.39 is 18.0 Å². The van der Waals surface area contributed by atoms with Crippen LogP contribution in [0.5, 0.6) is 11.5 Å². The summed E-state index contributed by atoms with van der Waals surface area (Å²) in [4.78, 5) is 28.4. The molecule has 2 aromatic carbocycles. The molecule has 1 atom stereocenters. The first-order valence-corrected chi connectivity index (χ1v) is 8.85. The number of ether oxygens (including phenoxy) is 2. The third-order valence-corrected chi connectivity index (χ3v) is 3.92. The van der Waals surface area contributed by atoms with Crippen LogP contribution in [0.3, 0.4) is 0 Å². The first kappa shape index (κ1) is 19.4. The van der Waals surface area contributed by atoms with Crippen LogP contribution in [0.1, 0.15) is 17.3 Å². The second-order valence-corrected chi connectivity index (χ2v) is 6.27. The second-order valence-electron chi connectivity index (χ2n) is 5.84. The monoisotopic (exact) mass is 396 g/mol. The van der Waals surface area contributed by atoms with Gasteiger partial charge in [-0.05, 0) is 55.5 Å². The number of benzene rings is 2. The van der Waals surface area contributed by atoms with Crippen LogP contribution in [-0.4, -0.2) is 23.0 Å². The van der Waals surface area contributed by atoms with Gasteiger partial charge in [0.1, 0.15) is 17.3 Å². The molecule has 0 spiro atoms.